The highest BCUT2D eigenvalue weighted by molar-refractivity contribution is 7.99. The summed E-state index contributed by atoms with van der Waals surface area (Å²) in [5.74, 6) is -0.247. The highest BCUT2D eigenvalue weighted by Crippen LogP contribution is 2.19. The predicted octanol–water partition coefficient (Wildman–Crippen LogP) is 3.40. The summed E-state index contributed by atoms with van der Waals surface area (Å²) in [5, 5.41) is 1.13. The van der Waals surface area contributed by atoms with E-state index in [0.29, 0.717) is 35.7 Å². The molecule has 1 aliphatic heterocycles. The second-order valence-corrected chi connectivity index (χ2v) is 9.44. The molecule has 9 heteroatoms. The number of morpholine rings is 1. The van der Waals surface area contributed by atoms with E-state index in [2.05, 4.69) is 4.90 Å². The van der Waals surface area contributed by atoms with Crippen LogP contribution in [0.3, 0.4) is 0 Å². The zero-order valence-corrected chi connectivity index (χ0v) is 20.8. The molecule has 3 aromatic rings. The smallest absolute Gasteiger partial charge is 0.262 e. The predicted molar refractivity (Wildman–Crippen MR) is 136 cm³/mol. The normalized spacial score (nSPS) is 14.3. The Kier molecular flexibility index (Phi) is 8.90. The zero-order valence-electron chi connectivity index (χ0n) is 20.0. The van der Waals surface area contributed by atoms with Crippen molar-refractivity contribution in [2.75, 3.05) is 45.1 Å². The second-order valence-electron chi connectivity index (χ2n) is 8.50. The van der Waals surface area contributed by atoms with Crippen LogP contribution in [0.15, 0.2) is 58.5 Å². The van der Waals surface area contributed by atoms with E-state index in [1.807, 2.05) is 31.2 Å². The first-order chi connectivity index (χ1) is 17.0. The van der Waals surface area contributed by atoms with Crippen LogP contribution in [0.4, 0.5) is 4.39 Å². The quantitative estimate of drug-likeness (QED) is 0.315. The van der Waals surface area contributed by atoms with Crippen molar-refractivity contribution in [1.29, 1.82) is 0 Å². The highest BCUT2D eigenvalue weighted by atomic mass is 32.2. The van der Waals surface area contributed by atoms with E-state index in [0.717, 1.165) is 44.8 Å². The van der Waals surface area contributed by atoms with Crippen molar-refractivity contribution in [3.05, 3.63) is 70.3 Å². The summed E-state index contributed by atoms with van der Waals surface area (Å²) in [5.41, 5.74) is 1.29. The van der Waals surface area contributed by atoms with Gasteiger partial charge in [0.1, 0.15) is 5.82 Å². The standard InChI is InChI=1S/C26H31FN4O3S/c1-2-30(18-20-7-5-8-21(27)17-20)24(32)19-35-26-28-23-10-4-3-9-22(23)25(33)31(26)12-6-11-29-13-15-34-16-14-29/h3-5,7-10,17H,2,6,11-16,18-19H2,1H3. The number of amides is 1. The molecule has 4 rings (SSSR count). The van der Waals surface area contributed by atoms with Crippen LogP contribution in [0.2, 0.25) is 0 Å². The summed E-state index contributed by atoms with van der Waals surface area (Å²) in [6.07, 6.45) is 0.808. The van der Waals surface area contributed by atoms with Crippen molar-refractivity contribution in [2.45, 2.75) is 31.6 Å². The molecule has 0 radical (unpaired) electrons. The Balaban J connectivity index is 1.47. The molecule has 1 fully saturated rings. The van der Waals surface area contributed by atoms with Gasteiger partial charge < -0.3 is 9.64 Å². The number of ether oxygens (including phenoxy) is 1. The Bertz CT molecular complexity index is 1210. The third kappa shape index (κ3) is 6.68. The van der Waals surface area contributed by atoms with Crippen LogP contribution < -0.4 is 5.56 Å². The summed E-state index contributed by atoms with van der Waals surface area (Å²) < 4.78 is 20.7. The summed E-state index contributed by atoms with van der Waals surface area (Å²) in [6, 6.07) is 13.6. The molecule has 0 bridgehead atoms. The van der Waals surface area contributed by atoms with Gasteiger partial charge in [-0.1, -0.05) is 36.0 Å². The summed E-state index contributed by atoms with van der Waals surface area (Å²) in [4.78, 5) is 35.0. The van der Waals surface area contributed by atoms with Crippen molar-refractivity contribution in [1.82, 2.24) is 19.4 Å². The van der Waals surface area contributed by atoms with Crippen molar-refractivity contribution in [3.63, 3.8) is 0 Å². The number of hydrogen-bond donors (Lipinski definition) is 0. The summed E-state index contributed by atoms with van der Waals surface area (Å²) in [6.45, 7) is 7.44. The van der Waals surface area contributed by atoms with Crippen LogP contribution in [0, 0.1) is 5.82 Å². The van der Waals surface area contributed by atoms with Crippen LogP contribution in [0.25, 0.3) is 10.9 Å². The number of nitrogens with zero attached hydrogens (tertiary/aromatic N) is 4. The maximum Gasteiger partial charge on any atom is 0.262 e. The molecular formula is C26H31FN4O3S. The zero-order chi connectivity index (χ0) is 24.6. The minimum atomic E-state index is -0.318. The van der Waals surface area contributed by atoms with Crippen molar-refractivity contribution in [2.24, 2.45) is 0 Å². The number of carbonyl (C=O) groups is 1. The molecule has 35 heavy (non-hydrogen) atoms. The minimum absolute atomic E-state index is 0.0796. The molecule has 0 aliphatic carbocycles. The lowest BCUT2D eigenvalue weighted by atomic mass is 10.2. The molecule has 1 saturated heterocycles. The first-order valence-corrected chi connectivity index (χ1v) is 13.0. The number of fused-ring (bicyclic) bond motifs is 1. The van der Waals surface area contributed by atoms with Crippen LogP contribution in [-0.2, 0) is 22.6 Å². The van der Waals surface area contributed by atoms with E-state index in [1.165, 1.54) is 23.9 Å². The third-order valence-electron chi connectivity index (χ3n) is 6.11. The monoisotopic (exact) mass is 498 g/mol. The Morgan fingerprint density at radius 1 is 1.14 bits per heavy atom. The van der Waals surface area contributed by atoms with Gasteiger partial charge >= 0.3 is 0 Å². The molecule has 0 N–H and O–H groups in total. The molecule has 0 atom stereocenters. The Morgan fingerprint density at radius 2 is 1.94 bits per heavy atom. The fraction of sp³-hybridized carbons (Fsp3) is 0.423. The van der Waals surface area contributed by atoms with E-state index < -0.39 is 0 Å². The molecule has 7 nitrogen and oxygen atoms in total. The van der Waals surface area contributed by atoms with Gasteiger partial charge in [0.15, 0.2) is 5.16 Å². The summed E-state index contributed by atoms with van der Waals surface area (Å²) >= 11 is 1.28. The van der Waals surface area contributed by atoms with Crippen LogP contribution in [0.5, 0.6) is 0 Å². The number of rotatable bonds is 10. The van der Waals surface area contributed by atoms with Gasteiger partial charge in [-0.25, -0.2) is 9.37 Å². The number of para-hydroxylation sites is 1. The molecule has 2 heterocycles. The Labute approximate surface area is 208 Å². The molecular weight excluding hydrogens is 467 g/mol. The molecule has 0 saturated carbocycles. The van der Waals surface area contributed by atoms with E-state index >= 15 is 0 Å². The highest BCUT2D eigenvalue weighted by Gasteiger charge is 2.17. The number of benzene rings is 2. The fourth-order valence-electron chi connectivity index (χ4n) is 4.18. The third-order valence-corrected chi connectivity index (χ3v) is 7.07. The van der Waals surface area contributed by atoms with Crippen LogP contribution >= 0.6 is 11.8 Å². The van der Waals surface area contributed by atoms with E-state index in [9.17, 15) is 14.0 Å². The average molecular weight is 499 g/mol. The number of thioether (sulfide) groups is 1. The largest absolute Gasteiger partial charge is 0.379 e. The number of carbonyl (C=O) groups excluding carboxylic acids is 1. The molecule has 1 aromatic heterocycles. The van der Waals surface area contributed by atoms with Crippen molar-refractivity contribution < 1.29 is 13.9 Å². The van der Waals surface area contributed by atoms with Crippen molar-refractivity contribution >= 4 is 28.6 Å². The van der Waals surface area contributed by atoms with Gasteiger partial charge in [-0.3, -0.25) is 19.1 Å². The molecule has 2 aromatic carbocycles. The lowest BCUT2D eigenvalue weighted by Crippen LogP contribution is -2.37. The van der Waals surface area contributed by atoms with E-state index in [-0.39, 0.29) is 23.0 Å². The maximum absolute atomic E-state index is 13.6. The Hall–Kier alpha value is -2.75. The molecule has 1 amide bonds. The molecule has 0 unspecified atom stereocenters. The minimum Gasteiger partial charge on any atom is -0.379 e. The lowest BCUT2D eigenvalue weighted by molar-refractivity contribution is -0.128. The average Bonchev–Trinajstić information content (AvgIpc) is 2.88. The first-order valence-electron chi connectivity index (χ1n) is 12.0. The topological polar surface area (TPSA) is 67.7 Å². The number of hydrogen-bond acceptors (Lipinski definition) is 6. The molecule has 1 aliphatic rings. The summed E-state index contributed by atoms with van der Waals surface area (Å²) in [7, 11) is 0. The van der Waals surface area contributed by atoms with E-state index in [4.69, 9.17) is 9.72 Å². The SMILES string of the molecule is CCN(Cc1cccc(F)c1)C(=O)CSc1nc2ccccc2c(=O)n1CCCN1CCOCC1. The van der Waals surface area contributed by atoms with Gasteiger partial charge in [-0.15, -0.1) is 0 Å². The number of halogens is 1. The van der Waals surface area contributed by atoms with Gasteiger partial charge in [0.05, 0.1) is 29.9 Å². The lowest BCUT2D eigenvalue weighted by Gasteiger charge is -2.26. The number of aromatic nitrogens is 2. The molecule has 186 valence electrons. The van der Waals surface area contributed by atoms with Gasteiger partial charge in [-0.2, -0.15) is 0 Å². The van der Waals surface area contributed by atoms with Gasteiger partial charge in [0, 0.05) is 39.3 Å². The van der Waals surface area contributed by atoms with Gasteiger partial charge in [-0.05, 0) is 43.2 Å². The van der Waals surface area contributed by atoms with E-state index in [1.54, 1.807) is 21.6 Å². The second kappa shape index (κ2) is 12.3. The Morgan fingerprint density at radius 3 is 2.71 bits per heavy atom. The fourth-order valence-corrected chi connectivity index (χ4v) is 5.11. The van der Waals surface area contributed by atoms with Gasteiger partial charge in [0.25, 0.3) is 5.56 Å². The molecule has 0 spiro atoms. The van der Waals surface area contributed by atoms with Crippen LogP contribution in [-0.4, -0.2) is 70.4 Å². The first kappa shape index (κ1) is 25.3. The van der Waals surface area contributed by atoms with Crippen molar-refractivity contribution in [3.8, 4) is 0 Å². The van der Waals surface area contributed by atoms with Gasteiger partial charge in [0.2, 0.25) is 5.91 Å². The maximum atomic E-state index is 13.6. The van der Waals surface area contributed by atoms with Crippen LogP contribution in [0.1, 0.15) is 18.9 Å².